The molecule has 0 saturated heterocycles. The third kappa shape index (κ3) is 5.73. The van der Waals surface area contributed by atoms with Gasteiger partial charge in [-0.25, -0.2) is 0 Å². The van der Waals surface area contributed by atoms with Crippen molar-refractivity contribution in [2.45, 2.75) is 40.7 Å². The second-order valence-corrected chi connectivity index (χ2v) is 7.05. The van der Waals surface area contributed by atoms with Gasteiger partial charge in [0.25, 0.3) is 5.91 Å². The molecule has 0 fully saturated rings. The molecule has 0 aliphatic rings. The zero-order valence-electron chi connectivity index (χ0n) is 17.1. The van der Waals surface area contributed by atoms with Gasteiger partial charge >= 0.3 is 0 Å². The molecule has 152 valence electrons. The molecule has 0 saturated carbocycles. The van der Waals surface area contributed by atoms with E-state index in [9.17, 15) is 9.59 Å². The fourth-order valence-corrected chi connectivity index (χ4v) is 2.87. The summed E-state index contributed by atoms with van der Waals surface area (Å²) in [5.74, 6) is 0.461. The summed E-state index contributed by atoms with van der Waals surface area (Å²) in [6, 6.07) is 7.30. The Morgan fingerprint density at radius 3 is 2.50 bits per heavy atom. The minimum atomic E-state index is -0.358. The Morgan fingerprint density at radius 2 is 1.82 bits per heavy atom. The Labute approximate surface area is 165 Å². The van der Waals surface area contributed by atoms with E-state index in [2.05, 4.69) is 35.1 Å². The van der Waals surface area contributed by atoms with Crippen LogP contribution >= 0.6 is 0 Å². The van der Waals surface area contributed by atoms with Crippen molar-refractivity contribution in [2.75, 3.05) is 19.0 Å². The fourth-order valence-electron chi connectivity index (χ4n) is 2.87. The first-order valence-corrected chi connectivity index (χ1v) is 9.29. The van der Waals surface area contributed by atoms with Gasteiger partial charge in [-0.1, -0.05) is 26.0 Å². The first-order valence-electron chi connectivity index (χ1n) is 9.29. The lowest BCUT2D eigenvalue weighted by Crippen LogP contribution is -2.44. The number of para-hydroxylation sites is 2. The van der Waals surface area contributed by atoms with Crippen LogP contribution in [0.2, 0.25) is 0 Å². The second kappa shape index (κ2) is 9.77. The van der Waals surface area contributed by atoms with Crippen molar-refractivity contribution in [3.05, 3.63) is 41.2 Å². The van der Waals surface area contributed by atoms with Crippen LogP contribution in [0.15, 0.2) is 24.3 Å². The first-order chi connectivity index (χ1) is 13.3. The molecule has 0 unspecified atom stereocenters. The minimum absolute atomic E-state index is 0.00499. The summed E-state index contributed by atoms with van der Waals surface area (Å²) < 4.78 is 7.15. The molecular formula is C20H29N5O3. The zero-order chi connectivity index (χ0) is 20.7. The number of anilines is 1. The van der Waals surface area contributed by atoms with Crippen molar-refractivity contribution in [1.29, 1.82) is 0 Å². The van der Waals surface area contributed by atoms with E-state index in [0.29, 0.717) is 17.4 Å². The average Bonchev–Trinajstić information content (AvgIpc) is 2.91. The molecular weight excluding hydrogens is 358 g/mol. The summed E-state index contributed by atoms with van der Waals surface area (Å²) in [5, 5.41) is 7.48. The standard InChI is InChI=1S/C20H29N5O3/c1-13(2)12-25-15(4)16(14(3)24-25)10-19(26)22-23-20(27)11-21-17-8-6-7-9-18(17)28-5/h6-9,13,21H,10-12H2,1-5H3,(H,22,26)(H,23,27). The Hall–Kier alpha value is -3.03. The molecule has 0 radical (unpaired) electrons. The number of nitrogens with zero attached hydrogens (tertiary/aromatic N) is 2. The molecule has 8 heteroatoms. The third-order valence-electron chi connectivity index (χ3n) is 4.29. The summed E-state index contributed by atoms with van der Waals surface area (Å²) in [7, 11) is 1.56. The van der Waals surface area contributed by atoms with Crippen LogP contribution in [0.4, 0.5) is 5.69 Å². The summed E-state index contributed by atoms with van der Waals surface area (Å²) in [6.07, 6.45) is 0.163. The number of benzene rings is 1. The highest BCUT2D eigenvalue weighted by atomic mass is 16.5. The van der Waals surface area contributed by atoms with Crippen molar-refractivity contribution >= 4 is 17.5 Å². The minimum Gasteiger partial charge on any atom is -0.495 e. The van der Waals surface area contributed by atoms with Crippen molar-refractivity contribution in [2.24, 2.45) is 5.92 Å². The first kappa shape index (κ1) is 21.3. The molecule has 3 N–H and O–H groups in total. The SMILES string of the molecule is COc1ccccc1NCC(=O)NNC(=O)Cc1c(C)nn(CC(C)C)c1C. The van der Waals surface area contributed by atoms with Gasteiger partial charge in [-0.05, 0) is 31.9 Å². The van der Waals surface area contributed by atoms with Gasteiger partial charge in [-0.15, -0.1) is 0 Å². The van der Waals surface area contributed by atoms with Crippen LogP contribution in [0.3, 0.4) is 0 Å². The van der Waals surface area contributed by atoms with Crippen LogP contribution in [0.1, 0.15) is 30.8 Å². The zero-order valence-corrected chi connectivity index (χ0v) is 17.1. The third-order valence-corrected chi connectivity index (χ3v) is 4.29. The van der Waals surface area contributed by atoms with Crippen LogP contribution in [0, 0.1) is 19.8 Å². The lowest BCUT2D eigenvalue weighted by atomic mass is 10.1. The molecule has 0 aliphatic heterocycles. The van der Waals surface area contributed by atoms with Crippen LogP contribution in [-0.2, 0) is 22.6 Å². The van der Waals surface area contributed by atoms with Crippen LogP contribution in [-0.4, -0.2) is 35.2 Å². The van der Waals surface area contributed by atoms with Gasteiger partial charge < -0.3 is 10.1 Å². The molecule has 2 aromatic rings. The van der Waals surface area contributed by atoms with E-state index in [1.165, 1.54) is 0 Å². The maximum atomic E-state index is 12.2. The number of ether oxygens (including phenoxy) is 1. The number of aryl methyl sites for hydroxylation is 1. The Kier molecular flexibility index (Phi) is 7.43. The molecule has 1 heterocycles. The van der Waals surface area contributed by atoms with Gasteiger partial charge in [0.15, 0.2) is 0 Å². The maximum Gasteiger partial charge on any atom is 0.257 e. The fraction of sp³-hybridized carbons (Fsp3) is 0.450. The van der Waals surface area contributed by atoms with E-state index < -0.39 is 0 Å². The Balaban J connectivity index is 1.84. The number of amides is 2. The normalized spacial score (nSPS) is 10.6. The lowest BCUT2D eigenvalue weighted by Gasteiger charge is -2.12. The molecule has 0 aliphatic carbocycles. The quantitative estimate of drug-likeness (QED) is 0.602. The number of hydrogen-bond donors (Lipinski definition) is 3. The molecule has 0 bridgehead atoms. The average molecular weight is 387 g/mol. The largest absolute Gasteiger partial charge is 0.495 e. The monoisotopic (exact) mass is 387 g/mol. The van der Waals surface area contributed by atoms with Gasteiger partial charge in [-0.2, -0.15) is 5.10 Å². The maximum absolute atomic E-state index is 12.2. The molecule has 2 amide bonds. The van der Waals surface area contributed by atoms with Crippen LogP contribution in [0.5, 0.6) is 5.75 Å². The van der Waals surface area contributed by atoms with Crippen molar-refractivity contribution < 1.29 is 14.3 Å². The van der Waals surface area contributed by atoms with E-state index in [0.717, 1.165) is 23.5 Å². The van der Waals surface area contributed by atoms with Gasteiger partial charge in [0.2, 0.25) is 5.91 Å². The highest BCUT2D eigenvalue weighted by molar-refractivity contribution is 5.85. The van der Waals surface area contributed by atoms with Gasteiger partial charge in [0, 0.05) is 17.8 Å². The van der Waals surface area contributed by atoms with E-state index in [1.54, 1.807) is 13.2 Å². The molecule has 1 aromatic carbocycles. The number of nitrogens with one attached hydrogen (secondary N) is 3. The van der Waals surface area contributed by atoms with E-state index >= 15 is 0 Å². The second-order valence-electron chi connectivity index (χ2n) is 7.05. The van der Waals surface area contributed by atoms with E-state index in [4.69, 9.17) is 4.74 Å². The van der Waals surface area contributed by atoms with Gasteiger partial charge in [0.1, 0.15) is 5.75 Å². The molecule has 8 nitrogen and oxygen atoms in total. The molecule has 1 aromatic heterocycles. The van der Waals surface area contributed by atoms with Crippen LogP contribution in [0.25, 0.3) is 0 Å². The predicted octanol–water partition coefficient (Wildman–Crippen LogP) is 1.97. The number of hydrazine groups is 1. The number of hydrogen-bond acceptors (Lipinski definition) is 5. The van der Waals surface area contributed by atoms with E-state index in [-0.39, 0.29) is 24.8 Å². The summed E-state index contributed by atoms with van der Waals surface area (Å²) >= 11 is 0. The number of methoxy groups -OCH3 is 1. The van der Waals surface area contributed by atoms with Crippen molar-refractivity contribution in [3.63, 3.8) is 0 Å². The lowest BCUT2D eigenvalue weighted by molar-refractivity contribution is -0.127. The van der Waals surface area contributed by atoms with Gasteiger partial charge in [0.05, 0.1) is 31.5 Å². The molecule has 0 spiro atoms. The smallest absolute Gasteiger partial charge is 0.257 e. The number of rotatable bonds is 8. The van der Waals surface area contributed by atoms with Crippen molar-refractivity contribution in [1.82, 2.24) is 20.6 Å². The molecule has 28 heavy (non-hydrogen) atoms. The van der Waals surface area contributed by atoms with Crippen LogP contribution < -0.4 is 20.9 Å². The number of carbonyl (C=O) groups excluding carboxylic acids is 2. The highest BCUT2D eigenvalue weighted by Gasteiger charge is 2.16. The summed E-state index contributed by atoms with van der Waals surface area (Å²) in [6.45, 7) is 8.91. The Morgan fingerprint density at radius 1 is 1.14 bits per heavy atom. The number of carbonyl (C=O) groups is 2. The number of aromatic nitrogens is 2. The predicted molar refractivity (Wildman–Crippen MR) is 108 cm³/mol. The van der Waals surface area contributed by atoms with E-state index in [1.807, 2.05) is 36.7 Å². The topological polar surface area (TPSA) is 97.3 Å². The Bertz CT molecular complexity index is 829. The summed E-state index contributed by atoms with van der Waals surface area (Å²) in [4.78, 5) is 24.2. The van der Waals surface area contributed by atoms with Crippen molar-refractivity contribution in [3.8, 4) is 5.75 Å². The highest BCUT2D eigenvalue weighted by Crippen LogP contribution is 2.22. The molecule has 0 atom stereocenters. The van der Waals surface area contributed by atoms with Gasteiger partial charge in [-0.3, -0.25) is 25.1 Å². The summed E-state index contributed by atoms with van der Waals surface area (Å²) in [5.41, 5.74) is 8.27. The molecule has 2 rings (SSSR count).